The summed E-state index contributed by atoms with van der Waals surface area (Å²) in [6.45, 7) is 0. The van der Waals surface area contributed by atoms with Crippen LogP contribution in [0, 0.1) is 5.82 Å². The lowest BCUT2D eigenvalue weighted by Gasteiger charge is -2.12. The van der Waals surface area contributed by atoms with Crippen LogP contribution in [-0.2, 0) is 10.0 Å². The molecule has 1 N–H and O–H groups in total. The summed E-state index contributed by atoms with van der Waals surface area (Å²) in [6, 6.07) is 16.8. The lowest BCUT2D eigenvalue weighted by molar-refractivity contribution is 0.0979. The van der Waals surface area contributed by atoms with Crippen molar-refractivity contribution in [1.29, 1.82) is 0 Å². The van der Waals surface area contributed by atoms with Gasteiger partial charge >= 0.3 is 0 Å². The normalized spacial score (nSPS) is 11.0. The molecular weight excluding hydrogens is 393 g/mol. The fourth-order valence-corrected chi connectivity index (χ4v) is 3.31. The predicted molar refractivity (Wildman–Crippen MR) is 99.0 cm³/mol. The Bertz CT molecular complexity index is 1070. The number of sulfonamides is 1. The van der Waals surface area contributed by atoms with Crippen LogP contribution in [0.25, 0.3) is 0 Å². The van der Waals surface area contributed by atoms with Gasteiger partial charge in [-0.05, 0) is 60.7 Å². The highest BCUT2D eigenvalue weighted by Crippen LogP contribution is 2.26. The standard InChI is InChI=1S/C19H13ClFNO4S/c20-13-5-9-15(10-6-13)26-18-4-2-1-3-17(18)19(23)22-27(24,25)16-11-7-14(21)8-12-16/h1-12H,(H,22,23). The summed E-state index contributed by atoms with van der Waals surface area (Å²) in [5, 5.41) is 0.527. The number of halogens is 2. The maximum absolute atomic E-state index is 13.0. The molecule has 0 radical (unpaired) electrons. The highest BCUT2D eigenvalue weighted by atomic mass is 35.5. The Labute approximate surface area is 160 Å². The van der Waals surface area contributed by atoms with Crippen molar-refractivity contribution in [3.63, 3.8) is 0 Å². The first-order valence-corrected chi connectivity index (χ1v) is 9.56. The minimum Gasteiger partial charge on any atom is -0.457 e. The van der Waals surface area contributed by atoms with Crippen molar-refractivity contribution in [2.45, 2.75) is 4.90 Å². The highest BCUT2D eigenvalue weighted by Gasteiger charge is 2.21. The van der Waals surface area contributed by atoms with Gasteiger partial charge < -0.3 is 4.74 Å². The molecule has 0 aromatic heterocycles. The number of benzene rings is 3. The van der Waals surface area contributed by atoms with E-state index in [9.17, 15) is 17.6 Å². The monoisotopic (exact) mass is 405 g/mol. The van der Waals surface area contributed by atoms with Crippen LogP contribution in [0.4, 0.5) is 4.39 Å². The van der Waals surface area contributed by atoms with E-state index < -0.39 is 21.7 Å². The third-order valence-corrected chi connectivity index (χ3v) is 5.12. The van der Waals surface area contributed by atoms with Gasteiger partial charge in [0.15, 0.2) is 0 Å². The van der Waals surface area contributed by atoms with E-state index in [1.165, 1.54) is 12.1 Å². The summed E-state index contributed by atoms with van der Waals surface area (Å²) < 4.78 is 45.2. The molecule has 27 heavy (non-hydrogen) atoms. The zero-order valence-electron chi connectivity index (χ0n) is 13.7. The van der Waals surface area contributed by atoms with Gasteiger partial charge in [0.1, 0.15) is 17.3 Å². The molecule has 3 aromatic carbocycles. The van der Waals surface area contributed by atoms with Crippen LogP contribution in [0.15, 0.2) is 77.7 Å². The molecule has 0 heterocycles. The minimum absolute atomic E-state index is 0.0261. The van der Waals surface area contributed by atoms with E-state index in [2.05, 4.69) is 0 Å². The average Bonchev–Trinajstić information content (AvgIpc) is 2.64. The quantitative estimate of drug-likeness (QED) is 0.683. The van der Waals surface area contributed by atoms with Crippen LogP contribution in [-0.4, -0.2) is 14.3 Å². The Morgan fingerprint density at radius 3 is 2.22 bits per heavy atom. The topological polar surface area (TPSA) is 72.5 Å². The lowest BCUT2D eigenvalue weighted by Crippen LogP contribution is -2.30. The number of carbonyl (C=O) groups excluding carboxylic acids is 1. The van der Waals surface area contributed by atoms with Crippen LogP contribution in [0.1, 0.15) is 10.4 Å². The third-order valence-electron chi connectivity index (χ3n) is 3.52. The fraction of sp³-hybridized carbons (Fsp3) is 0. The second-order valence-corrected chi connectivity index (χ2v) is 7.56. The SMILES string of the molecule is O=C(NS(=O)(=O)c1ccc(F)cc1)c1ccccc1Oc1ccc(Cl)cc1. The molecule has 0 aliphatic carbocycles. The Morgan fingerprint density at radius 1 is 0.926 bits per heavy atom. The summed E-state index contributed by atoms with van der Waals surface area (Å²) in [5.74, 6) is -0.849. The maximum atomic E-state index is 13.0. The Hall–Kier alpha value is -2.90. The fourth-order valence-electron chi connectivity index (χ4n) is 2.22. The summed E-state index contributed by atoms with van der Waals surface area (Å²) in [5.41, 5.74) is 0.0261. The predicted octanol–water partition coefficient (Wildman–Crippen LogP) is 4.39. The molecule has 0 aliphatic rings. The van der Waals surface area contributed by atoms with Gasteiger partial charge in [0.05, 0.1) is 10.5 Å². The Morgan fingerprint density at radius 2 is 1.56 bits per heavy atom. The smallest absolute Gasteiger partial charge is 0.268 e. The second kappa shape index (κ2) is 7.77. The third kappa shape index (κ3) is 4.64. The molecule has 0 spiro atoms. The van der Waals surface area contributed by atoms with E-state index in [-0.39, 0.29) is 16.2 Å². The van der Waals surface area contributed by atoms with E-state index >= 15 is 0 Å². The molecule has 0 unspecified atom stereocenters. The first-order valence-electron chi connectivity index (χ1n) is 7.70. The zero-order chi connectivity index (χ0) is 19.4. The highest BCUT2D eigenvalue weighted by molar-refractivity contribution is 7.90. The number of ether oxygens (including phenoxy) is 1. The first kappa shape index (κ1) is 18.9. The van der Waals surface area contributed by atoms with Crippen molar-refractivity contribution in [3.8, 4) is 11.5 Å². The van der Waals surface area contributed by atoms with Gasteiger partial charge in [-0.25, -0.2) is 17.5 Å². The second-order valence-electron chi connectivity index (χ2n) is 5.44. The van der Waals surface area contributed by atoms with Crippen LogP contribution >= 0.6 is 11.6 Å². The van der Waals surface area contributed by atoms with E-state index in [4.69, 9.17) is 16.3 Å². The van der Waals surface area contributed by atoms with E-state index in [0.717, 1.165) is 24.3 Å². The largest absolute Gasteiger partial charge is 0.457 e. The number of hydrogen-bond acceptors (Lipinski definition) is 4. The number of amides is 1. The summed E-state index contributed by atoms with van der Waals surface area (Å²) in [4.78, 5) is 12.3. The van der Waals surface area contributed by atoms with Crippen molar-refractivity contribution < 1.29 is 22.3 Å². The summed E-state index contributed by atoms with van der Waals surface area (Å²) in [7, 11) is -4.16. The van der Waals surface area contributed by atoms with Gasteiger partial charge in [-0.2, -0.15) is 0 Å². The first-order chi connectivity index (χ1) is 12.8. The minimum atomic E-state index is -4.16. The molecule has 0 saturated heterocycles. The Kier molecular flexibility index (Phi) is 5.43. The molecular formula is C19H13ClFNO4S. The van der Waals surface area contributed by atoms with E-state index in [0.29, 0.717) is 10.8 Å². The van der Waals surface area contributed by atoms with Crippen molar-refractivity contribution >= 4 is 27.5 Å². The lowest BCUT2D eigenvalue weighted by atomic mass is 10.2. The van der Waals surface area contributed by atoms with Gasteiger partial charge in [0.25, 0.3) is 15.9 Å². The summed E-state index contributed by atoms with van der Waals surface area (Å²) >= 11 is 5.83. The molecule has 5 nitrogen and oxygen atoms in total. The van der Waals surface area contributed by atoms with Crippen molar-refractivity contribution in [1.82, 2.24) is 4.72 Å². The van der Waals surface area contributed by atoms with Crippen LogP contribution in [0.3, 0.4) is 0 Å². The maximum Gasteiger partial charge on any atom is 0.268 e. The van der Waals surface area contributed by atoms with Gasteiger partial charge in [0.2, 0.25) is 0 Å². The molecule has 0 atom stereocenters. The molecule has 3 aromatic rings. The van der Waals surface area contributed by atoms with Crippen LogP contribution in [0.2, 0.25) is 5.02 Å². The van der Waals surface area contributed by atoms with Gasteiger partial charge in [-0.15, -0.1) is 0 Å². The average molecular weight is 406 g/mol. The molecule has 0 aliphatic heterocycles. The molecule has 0 bridgehead atoms. The molecule has 138 valence electrons. The molecule has 0 fully saturated rings. The van der Waals surface area contributed by atoms with Crippen LogP contribution < -0.4 is 9.46 Å². The Balaban J connectivity index is 1.84. The van der Waals surface area contributed by atoms with Crippen molar-refractivity contribution in [3.05, 3.63) is 89.2 Å². The number of para-hydroxylation sites is 1. The van der Waals surface area contributed by atoms with Gasteiger partial charge in [-0.3, -0.25) is 4.79 Å². The van der Waals surface area contributed by atoms with E-state index in [1.54, 1.807) is 36.4 Å². The number of carbonyl (C=O) groups is 1. The molecule has 0 saturated carbocycles. The number of nitrogens with one attached hydrogen (secondary N) is 1. The zero-order valence-corrected chi connectivity index (χ0v) is 15.3. The van der Waals surface area contributed by atoms with Crippen molar-refractivity contribution in [2.75, 3.05) is 0 Å². The van der Waals surface area contributed by atoms with E-state index in [1.807, 2.05) is 4.72 Å². The summed E-state index contributed by atoms with van der Waals surface area (Å²) in [6.07, 6.45) is 0. The molecule has 1 amide bonds. The van der Waals surface area contributed by atoms with Crippen molar-refractivity contribution in [2.24, 2.45) is 0 Å². The van der Waals surface area contributed by atoms with Crippen LogP contribution in [0.5, 0.6) is 11.5 Å². The molecule has 3 rings (SSSR count). The molecule has 8 heteroatoms. The van der Waals surface area contributed by atoms with Gasteiger partial charge in [0, 0.05) is 5.02 Å². The number of rotatable bonds is 5. The van der Waals surface area contributed by atoms with Gasteiger partial charge in [-0.1, -0.05) is 23.7 Å². The number of hydrogen-bond donors (Lipinski definition) is 1.